The van der Waals surface area contributed by atoms with Crippen LogP contribution in [-0.4, -0.2) is 57.2 Å². The number of nitrogens with zero attached hydrogens (tertiary/aromatic N) is 7. The zero-order chi connectivity index (χ0) is 16.8. The second-order valence-corrected chi connectivity index (χ2v) is 7.18. The summed E-state index contributed by atoms with van der Waals surface area (Å²) in [7, 11) is 0. The van der Waals surface area contributed by atoms with E-state index in [-0.39, 0.29) is 12.1 Å². The molecule has 2 saturated heterocycles. The maximum atomic E-state index is 6.01. The van der Waals surface area contributed by atoms with Crippen molar-refractivity contribution < 1.29 is 4.74 Å². The van der Waals surface area contributed by atoms with E-state index in [0.29, 0.717) is 6.61 Å². The van der Waals surface area contributed by atoms with Crippen molar-refractivity contribution >= 4 is 11.8 Å². The van der Waals surface area contributed by atoms with E-state index in [1.54, 1.807) is 6.20 Å². The molecule has 0 unspecified atom stereocenters. The maximum absolute atomic E-state index is 6.01. The van der Waals surface area contributed by atoms with Gasteiger partial charge in [0, 0.05) is 37.9 Å². The Labute approximate surface area is 146 Å². The molecule has 5 rings (SSSR count). The Kier molecular flexibility index (Phi) is 3.58. The first-order chi connectivity index (χ1) is 12.3. The van der Waals surface area contributed by atoms with Crippen molar-refractivity contribution in [2.75, 3.05) is 36.0 Å². The second kappa shape index (κ2) is 5.94. The van der Waals surface area contributed by atoms with Crippen LogP contribution >= 0.6 is 0 Å². The predicted molar refractivity (Wildman–Crippen MR) is 92.7 cm³/mol. The van der Waals surface area contributed by atoms with Crippen molar-refractivity contribution in [3.05, 3.63) is 23.7 Å². The third-order valence-electron chi connectivity index (χ3n) is 5.47. The zero-order valence-electron chi connectivity index (χ0n) is 14.5. The molecule has 8 nitrogen and oxygen atoms in total. The first-order valence-corrected chi connectivity index (χ1v) is 9.14. The molecular formula is C17H23N7O. The van der Waals surface area contributed by atoms with Gasteiger partial charge >= 0.3 is 0 Å². The van der Waals surface area contributed by atoms with Crippen molar-refractivity contribution in [1.82, 2.24) is 25.0 Å². The van der Waals surface area contributed by atoms with Crippen LogP contribution in [0.5, 0.6) is 0 Å². The van der Waals surface area contributed by atoms with Gasteiger partial charge in [-0.25, -0.2) is 9.67 Å². The minimum Gasteiger partial charge on any atom is -0.370 e. The number of piperidine rings is 1. The molecule has 3 aliphatic rings. The fraction of sp³-hybridized carbons (Fsp3) is 0.647. The van der Waals surface area contributed by atoms with Crippen LogP contribution < -0.4 is 9.80 Å². The highest BCUT2D eigenvalue weighted by atomic mass is 16.5. The zero-order valence-corrected chi connectivity index (χ0v) is 14.5. The van der Waals surface area contributed by atoms with Gasteiger partial charge in [0.15, 0.2) is 0 Å². The van der Waals surface area contributed by atoms with Crippen LogP contribution in [0.15, 0.2) is 12.3 Å². The number of ether oxygens (including phenoxy) is 1. The molecule has 8 heteroatoms. The van der Waals surface area contributed by atoms with E-state index in [1.807, 2.05) is 4.68 Å². The van der Waals surface area contributed by atoms with E-state index >= 15 is 0 Å². The highest BCUT2D eigenvalue weighted by Crippen LogP contribution is 2.32. The summed E-state index contributed by atoms with van der Waals surface area (Å²) >= 11 is 0. The molecule has 0 amide bonds. The molecule has 2 atom stereocenters. The minimum absolute atomic E-state index is 0.200. The van der Waals surface area contributed by atoms with Gasteiger partial charge in [0.2, 0.25) is 5.95 Å². The standard InChI is InChI=1S/C17H23N7O/c1-12-8-16(20-17(19-12)22-5-2-3-6-22)23-7-4-15-14(10-23)24-13(11-25-15)9-18-21-24/h8-9,14-15H,2-7,10-11H2,1H3/t14-,15+/m1/s1. The number of rotatable bonds is 2. The van der Waals surface area contributed by atoms with Gasteiger partial charge in [0.05, 0.1) is 30.6 Å². The highest BCUT2D eigenvalue weighted by molar-refractivity contribution is 5.47. The van der Waals surface area contributed by atoms with Crippen molar-refractivity contribution in [1.29, 1.82) is 0 Å². The van der Waals surface area contributed by atoms with Gasteiger partial charge in [-0.1, -0.05) is 5.21 Å². The summed E-state index contributed by atoms with van der Waals surface area (Å²) in [5.74, 6) is 1.89. The third kappa shape index (κ3) is 2.64. The van der Waals surface area contributed by atoms with Crippen molar-refractivity contribution in [2.24, 2.45) is 0 Å². The van der Waals surface area contributed by atoms with Gasteiger partial charge in [-0.3, -0.25) is 0 Å². The topological polar surface area (TPSA) is 72.2 Å². The smallest absolute Gasteiger partial charge is 0.227 e. The Hall–Kier alpha value is -2.22. The third-order valence-corrected chi connectivity index (χ3v) is 5.47. The largest absolute Gasteiger partial charge is 0.370 e. The van der Waals surface area contributed by atoms with E-state index in [1.165, 1.54) is 12.8 Å². The molecule has 0 radical (unpaired) electrons. The highest BCUT2D eigenvalue weighted by Gasteiger charge is 2.37. The van der Waals surface area contributed by atoms with Gasteiger partial charge < -0.3 is 14.5 Å². The average molecular weight is 341 g/mol. The molecule has 2 aromatic rings. The molecule has 132 valence electrons. The number of aromatic nitrogens is 5. The summed E-state index contributed by atoms with van der Waals surface area (Å²) in [6.07, 6.45) is 5.45. The maximum Gasteiger partial charge on any atom is 0.227 e. The lowest BCUT2D eigenvalue weighted by molar-refractivity contribution is -0.0373. The lowest BCUT2D eigenvalue weighted by atomic mass is 10.0. The minimum atomic E-state index is 0.200. The summed E-state index contributed by atoms with van der Waals surface area (Å²) in [4.78, 5) is 14.2. The number of aryl methyl sites for hydroxylation is 1. The molecule has 25 heavy (non-hydrogen) atoms. The van der Waals surface area contributed by atoms with Crippen molar-refractivity contribution in [3.63, 3.8) is 0 Å². The van der Waals surface area contributed by atoms with E-state index in [4.69, 9.17) is 9.72 Å². The Morgan fingerprint density at radius 3 is 2.88 bits per heavy atom. The number of fused-ring (bicyclic) bond motifs is 3. The van der Waals surface area contributed by atoms with Crippen LogP contribution in [0.1, 0.15) is 36.7 Å². The molecule has 3 aliphatic heterocycles. The molecule has 0 bridgehead atoms. The Bertz CT molecular complexity index is 770. The summed E-state index contributed by atoms with van der Waals surface area (Å²) in [5.41, 5.74) is 2.08. The Morgan fingerprint density at radius 2 is 2.00 bits per heavy atom. The lowest BCUT2D eigenvalue weighted by Crippen LogP contribution is -2.48. The molecule has 0 saturated carbocycles. The summed E-state index contributed by atoms with van der Waals surface area (Å²) in [6.45, 7) is 6.57. The molecule has 0 spiro atoms. The first kappa shape index (κ1) is 15.1. The molecule has 2 aromatic heterocycles. The Balaban J connectivity index is 1.43. The Morgan fingerprint density at radius 1 is 1.12 bits per heavy atom. The van der Waals surface area contributed by atoms with Gasteiger partial charge in [0.25, 0.3) is 0 Å². The van der Waals surface area contributed by atoms with E-state index in [9.17, 15) is 0 Å². The number of hydrogen-bond acceptors (Lipinski definition) is 7. The molecule has 2 fully saturated rings. The quantitative estimate of drug-likeness (QED) is 0.816. The molecule has 0 aliphatic carbocycles. The van der Waals surface area contributed by atoms with Crippen LogP contribution in [-0.2, 0) is 11.3 Å². The van der Waals surface area contributed by atoms with Crippen LogP contribution in [0.4, 0.5) is 11.8 Å². The fourth-order valence-electron chi connectivity index (χ4n) is 4.14. The normalized spacial score (nSPS) is 25.8. The van der Waals surface area contributed by atoms with E-state index < -0.39 is 0 Å². The summed E-state index contributed by atoms with van der Waals surface area (Å²) < 4.78 is 8.05. The van der Waals surface area contributed by atoms with Crippen molar-refractivity contribution in [2.45, 2.75) is 44.9 Å². The summed E-state index contributed by atoms with van der Waals surface area (Å²) in [6, 6.07) is 2.29. The first-order valence-electron chi connectivity index (χ1n) is 9.14. The van der Waals surface area contributed by atoms with Gasteiger partial charge in [0.1, 0.15) is 5.82 Å². The van der Waals surface area contributed by atoms with E-state index in [2.05, 4.69) is 38.1 Å². The van der Waals surface area contributed by atoms with Crippen LogP contribution in [0.3, 0.4) is 0 Å². The van der Waals surface area contributed by atoms with Crippen LogP contribution in [0.25, 0.3) is 0 Å². The SMILES string of the molecule is Cc1cc(N2CC[C@@H]3OCc4cnnn4[C@@H]3C2)nc(N2CCCC2)n1. The fourth-order valence-corrected chi connectivity index (χ4v) is 4.14. The monoisotopic (exact) mass is 341 g/mol. The van der Waals surface area contributed by atoms with Crippen molar-refractivity contribution in [3.8, 4) is 0 Å². The van der Waals surface area contributed by atoms with Crippen LogP contribution in [0, 0.1) is 6.92 Å². The average Bonchev–Trinajstić information content (AvgIpc) is 3.32. The number of anilines is 2. The van der Waals surface area contributed by atoms with Crippen LogP contribution in [0.2, 0.25) is 0 Å². The van der Waals surface area contributed by atoms with E-state index in [0.717, 1.165) is 55.8 Å². The molecule has 0 aromatic carbocycles. The second-order valence-electron chi connectivity index (χ2n) is 7.18. The van der Waals surface area contributed by atoms with Gasteiger partial charge in [-0.05, 0) is 26.2 Å². The van der Waals surface area contributed by atoms with Gasteiger partial charge in [-0.15, -0.1) is 5.10 Å². The van der Waals surface area contributed by atoms with Gasteiger partial charge in [-0.2, -0.15) is 4.98 Å². The molecular weight excluding hydrogens is 318 g/mol. The predicted octanol–water partition coefficient (Wildman–Crippen LogP) is 1.33. The molecule has 0 N–H and O–H groups in total. The number of hydrogen-bond donors (Lipinski definition) is 0. The molecule has 5 heterocycles. The lowest BCUT2D eigenvalue weighted by Gasteiger charge is -2.41. The summed E-state index contributed by atoms with van der Waals surface area (Å²) in [5, 5.41) is 8.34.